The first-order valence-corrected chi connectivity index (χ1v) is 25.6. The molecule has 0 aliphatic carbocycles. The van der Waals surface area contributed by atoms with Crippen LogP contribution in [0.4, 0.5) is 13.2 Å². The van der Waals surface area contributed by atoms with Crippen LogP contribution in [0, 0.1) is 22.7 Å². The highest BCUT2D eigenvalue weighted by Crippen LogP contribution is 2.47. The molecule has 11 aromatic carbocycles. The van der Waals surface area contributed by atoms with E-state index in [9.17, 15) is 23.7 Å². The van der Waals surface area contributed by atoms with Gasteiger partial charge in [-0.25, -0.2) is 0 Å². The standard InChI is InChI=1S/C69H39F3N6/c70-69(71,72)45-31-32-48(44(34-45)41-74)42-30-33-62(77-60-27-13-9-23-51(60)55-36-53-49-21-7-11-25-58(49)75(64(53)38-66(55)77)46-17-3-1-4-18-46)57(35-42)68-43(40-73)16-15-29-63(68)78-61-28-14-10-24-52(61)56-37-54-50-22-8-12-26-59(50)76(65(54)39-67(56)78)47-19-5-2-6-20-47/h1-39H. The Kier molecular flexibility index (Phi) is 9.75. The van der Waals surface area contributed by atoms with E-state index in [1.807, 2.05) is 97.1 Å². The summed E-state index contributed by atoms with van der Waals surface area (Å²) in [7, 11) is 0. The van der Waals surface area contributed by atoms with E-state index < -0.39 is 11.7 Å². The lowest BCUT2D eigenvalue weighted by molar-refractivity contribution is -0.137. The van der Waals surface area contributed by atoms with Crippen LogP contribution in [0.1, 0.15) is 16.7 Å². The highest BCUT2D eigenvalue weighted by Gasteiger charge is 2.32. The zero-order valence-electron chi connectivity index (χ0n) is 41.3. The normalized spacial score (nSPS) is 12.0. The Hall–Kier alpha value is -10.6. The minimum atomic E-state index is -4.66. The van der Waals surface area contributed by atoms with Crippen molar-refractivity contribution < 1.29 is 13.2 Å². The summed E-state index contributed by atoms with van der Waals surface area (Å²) in [6.45, 7) is 0. The van der Waals surface area contributed by atoms with E-state index in [0.29, 0.717) is 27.8 Å². The second kappa shape index (κ2) is 17.0. The zero-order chi connectivity index (χ0) is 52.4. The summed E-state index contributed by atoms with van der Waals surface area (Å²) in [6, 6.07) is 82.8. The van der Waals surface area contributed by atoms with Gasteiger partial charge in [-0.1, -0.05) is 127 Å². The van der Waals surface area contributed by atoms with Gasteiger partial charge in [0.05, 0.1) is 84.3 Å². The number of aromatic nitrogens is 4. The van der Waals surface area contributed by atoms with Crippen molar-refractivity contribution in [2.24, 2.45) is 0 Å². The van der Waals surface area contributed by atoms with Gasteiger partial charge in [0.15, 0.2) is 0 Å². The molecule has 0 spiro atoms. The topological polar surface area (TPSA) is 67.3 Å². The molecule has 0 bridgehead atoms. The van der Waals surface area contributed by atoms with Gasteiger partial charge in [0, 0.05) is 65.6 Å². The Morgan fingerprint density at radius 1 is 0.308 bits per heavy atom. The van der Waals surface area contributed by atoms with Gasteiger partial charge >= 0.3 is 6.18 Å². The maximum absolute atomic E-state index is 14.3. The lowest BCUT2D eigenvalue weighted by Gasteiger charge is -2.21. The number of halogens is 3. The number of nitriles is 2. The van der Waals surface area contributed by atoms with Crippen LogP contribution in [0.15, 0.2) is 237 Å². The highest BCUT2D eigenvalue weighted by molar-refractivity contribution is 6.21. The summed E-state index contributed by atoms with van der Waals surface area (Å²) in [6.07, 6.45) is -4.66. The van der Waals surface area contributed by atoms with Crippen molar-refractivity contribution in [1.29, 1.82) is 10.5 Å². The van der Waals surface area contributed by atoms with Crippen LogP contribution in [-0.4, -0.2) is 18.3 Å². The lowest BCUT2D eigenvalue weighted by Crippen LogP contribution is -2.06. The first-order valence-electron chi connectivity index (χ1n) is 25.6. The summed E-state index contributed by atoms with van der Waals surface area (Å²) in [5, 5.41) is 30.5. The van der Waals surface area contributed by atoms with Crippen LogP contribution in [0.5, 0.6) is 0 Å². The van der Waals surface area contributed by atoms with Gasteiger partial charge in [-0.05, 0) is 120 Å². The average molecular weight is 1010 g/mol. The van der Waals surface area contributed by atoms with Crippen molar-refractivity contribution >= 4 is 87.2 Å². The number of para-hydroxylation sites is 6. The summed E-state index contributed by atoms with van der Waals surface area (Å²) in [4.78, 5) is 0. The maximum Gasteiger partial charge on any atom is 0.416 e. The number of alkyl halides is 3. The summed E-state index contributed by atoms with van der Waals surface area (Å²) in [5.74, 6) is 0. The van der Waals surface area contributed by atoms with E-state index >= 15 is 0 Å². The Bertz CT molecular complexity index is 5100. The van der Waals surface area contributed by atoms with E-state index in [1.54, 1.807) is 0 Å². The van der Waals surface area contributed by atoms with Crippen LogP contribution in [0.25, 0.3) is 132 Å². The van der Waals surface area contributed by atoms with Gasteiger partial charge in [0.25, 0.3) is 0 Å². The molecular formula is C69H39F3N6. The molecule has 15 rings (SSSR count). The number of hydrogen-bond donors (Lipinski definition) is 0. The quantitative estimate of drug-likeness (QED) is 0.167. The van der Waals surface area contributed by atoms with Crippen LogP contribution in [0.3, 0.4) is 0 Å². The molecule has 0 aliphatic heterocycles. The maximum atomic E-state index is 14.3. The Morgan fingerprint density at radius 2 is 0.744 bits per heavy atom. The molecule has 15 aromatic rings. The van der Waals surface area contributed by atoms with Crippen molar-refractivity contribution in [2.45, 2.75) is 6.18 Å². The molecule has 0 radical (unpaired) electrons. The third-order valence-corrected chi connectivity index (χ3v) is 15.6. The Labute approximate surface area is 443 Å². The minimum absolute atomic E-state index is 0.120. The van der Waals surface area contributed by atoms with Gasteiger partial charge in [0.1, 0.15) is 0 Å². The molecule has 0 saturated carbocycles. The highest BCUT2D eigenvalue weighted by atomic mass is 19.4. The van der Waals surface area contributed by atoms with Gasteiger partial charge < -0.3 is 18.3 Å². The minimum Gasteiger partial charge on any atom is -0.309 e. The number of rotatable bonds is 6. The van der Waals surface area contributed by atoms with Crippen molar-refractivity contribution in [3.63, 3.8) is 0 Å². The second-order valence-electron chi connectivity index (χ2n) is 19.8. The molecule has 0 fully saturated rings. The fourth-order valence-corrected chi connectivity index (χ4v) is 12.4. The second-order valence-corrected chi connectivity index (χ2v) is 19.8. The SMILES string of the molecule is N#Cc1cc(C(F)(F)F)ccc1-c1ccc(-n2c3ccccc3c3cc4c5ccccc5n(-c5ccccc5)c4cc32)c(-c2c(C#N)cccc2-n2c3ccccc3c3cc4c5ccccc5n(-c5ccccc5)c4cc32)c1. The molecule has 6 nitrogen and oxygen atoms in total. The molecule has 0 saturated heterocycles. The van der Waals surface area contributed by atoms with Crippen LogP contribution in [0.2, 0.25) is 0 Å². The van der Waals surface area contributed by atoms with Crippen LogP contribution < -0.4 is 0 Å². The van der Waals surface area contributed by atoms with Crippen molar-refractivity contribution in [2.75, 3.05) is 0 Å². The van der Waals surface area contributed by atoms with E-state index in [1.165, 1.54) is 6.07 Å². The zero-order valence-corrected chi connectivity index (χ0v) is 41.3. The van der Waals surface area contributed by atoms with Crippen molar-refractivity contribution in [3.8, 4) is 57.1 Å². The van der Waals surface area contributed by atoms with E-state index in [2.05, 4.69) is 152 Å². The number of benzene rings is 11. The molecule has 366 valence electrons. The Morgan fingerprint density at radius 3 is 1.22 bits per heavy atom. The van der Waals surface area contributed by atoms with Crippen LogP contribution in [-0.2, 0) is 6.18 Å². The van der Waals surface area contributed by atoms with E-state index in [-0.39, 0.29) is 5.56 Å². The van der Waals surface area contributed by atoms with Crippen molar-refractivity contribution in [1.82, 2.24) is 18.3 Å². The predicted octanol–water partition coefficient (Wildman–Crippen LogP) is 18.2. The van der Waals surface area contributed by atoms with E-state index in [0.717, 1.165) is 122 Å². The average Bonchev–Trinajstić information content (AvgIpc) is 4.39. The van der Waals surface area contributed by atoms with Crippen molar-refractivity contribution in [3.05, 3.63) is 253 Å². The number of nitrogens with zero attached hydrogens (tertiary/aromatic N) is 6. The van der Waals surface area contributed by atoms with Gasteiger partial charge in [-0.3, -0.25) is 0 Å². The molecule has 9 heteroatoms. The fraction of sp³-hybridized carbons (Fsp3) is 0.0145. The third-order valence-electron chi connectivity index (χ3n) is 15.6. The summed E-state index contributed by atoms with van der Waals surface area (Å²) < 4.78 is 51.9. The van der Waals surface area contributed by atoms with Crippen LogP contribution >= 0.6 is 0 Å². The molecule has 4 aromatic heterocycles. The molecule has 0 atom stereocenters. The summed E-state index contributed by atoms with van der Waals surface area (Å²) in [5.41, 5.74) is 12.8. The predicted molar refractivity (Wildman–Crippen MR) is 309 cm³/mol. The van der Waals surface area contributed by atoms with E-state index in [4.69, 9.17) is 0 Å². The molecule has 0 unspecified atom stereocenters. The molecular weight excluding hydrogens is 970 g/mol. The molecule has 0 amide bonds. The first kappa shape index (κ1) is 44.8. The summed E-state index contributed by atoms with van der Waals surface area (Å²) >= 11 is 0. The molecule has 78 heavy (non-hydrogen) atoms. The lowest BCUT2D eigenvalue weighted by atomic mass is 9.91. The smallest absolute Gasteiger partial charge is 0.309 e. The largest absolute Gasteiger partial charge is 0.416 e. The number of hydrogen-bond acceptors (Lipinski definition) is 2. The molecule has 0 aliphatic rings. The Balaban J connectivity index is 1.08. The molecule has 4 heterocycles. The van der Waals surface area contributed by atoms with Gasteiger partial charge in [0.2, 0.25) is 0 Å². The van der Waals surface area contributed by atoms with Gasteiger partial charge in [-0.15, -0.1) is 0 Å². The fourth-order valence-electron chi connectivity index (χ4n) is 12.4. The monoisotopic (exact) mass is 1010 g/mol. The number of fused-ring (bicyclic) bond motifs is 12. The third kappa shape index (κ3) is 6.55. The van der Waals surface area contributed by atoms with Gasteiger partial charge in [-0.2, -0.15) is 23.7 Å². The first-order chi connectivity index (χ1) is 38.3. The molecule has 0 N–H and O–H groups in total.